The van der Waals surface area contributed by atoms with Crippen LogP contribution < -0.4 is 34.9 Å². The van der Waals surface area contributed by atoms with Gasteiger partial charge in [-0.1, -0.05) is 33.4 Å². The van der Waals surface area contributed by atoms with Gasteiger partial charge in [0.05, 0.1) is 26.1 Å². The monoisotopic (exact) mass is 795 g/mol. The Morgan fingerprint density at radius 3 is 1.61 bits per heavy atom. The zero-order valence-electron chi connectivity index (χ0n) is 32.3. The number of hydrogen-bond donors (Lipinski definition) is 5. The van der Waals surface area contributed by atoms with Crippen LogP contribution in [0, 0.1) is 0 Å². The van der Waals surface area contributed by atoms with E-state index >= 15 is 0 Å². The van der Waals surface area contributed by atoms with Crippen molar-refractivity contribution < 1.29 is 67.5 Å². The van der Waals surface area contributed by atoms with Gasteiger partial charge in [0.2, 0.25) is 5.91 Å². The third-order valence-electron chi connectivity index (χ3n) is 8.50. The normalized spacial score (nSPS) is 19.2. The number of aliphatic carboxylic acids is 2. The average Bonchev–Trinajstić information content (AvgIpc) is 3.11. The van der Waals surface area contributed by atoms with E-state index in [9.17, 15) is 43.8 Å². The lowest BCUT2D eigenvalue weighted by Crippen LogP contribution is -2.86. The Morgan fingerprint density at radius 1 is 0.719 bits per heavy atom. The van der Waals surface area contributed by atoms with E-state index in [0.717, 1.165) is 13.8 Å². The van der Waals surface area contributed by atoms with Crippen LogP contribution in [-0.2, 0) is 28.7 Å². The van der Waals surface area contributed by atoms with E-state index in [2.05, 4.69) is 16.0 Å². The first-order valence-electron chi connectivity index (χ1n) is 17.2. The molecular formula is C40H49N3O14. The van der Waals surface area contributed by atoms with Gasteiger partial charge < -0.3 is 44.5 Å². The van der Waals surface area contributed by atoms with Crippen LogP contribution >= 0.6 is 0 Å². The summed E-state index contributed by atoms with van der Waals surface area (Å²) in [5.74, 6) is -9.87. The fourth-order valence-corrected chi connectivity index (χ4v) is 6.69. The van der Waals surface area contributed by atoms with Crippen LogP contribution in [0.15, 0.2) is 60.7 Å². The lowest BCUT2D eigenvalue weighted by Gasteiger charge is -2.64. The largest absolute Gasteiger partial charge is 0.493 e. The molecule has 4 rings (SSSR count). The van der Waals surface area contributed by atoms with E-state index in [-0.39, 0.29) is 59.3 Å². The predicted octanol–water partition coefficient (Wildman–Crippen LogP) is 5.27. The number of carbonyl (C=O) groups excluding carboxylic acids is 5. The van der Waals surface area contributed by atoms with E-state index in [1.54, 1.807) is 20.8 Å². The van der Waals surface area contributed by atoms with Crippen LogP contribution in [0.1, 0.15) is 89.2 Å². The van der Waals surface area contributed by atoms with Gasteiger partial charge in [-0.05, 0) is 80.4 Å². The molecule has 57 heavy (non-hydrogen) atoms. The minimum absolute atomic E-state index is 0. The summed E-state index contributed by atoms with van der Waals surface area (Å²) in [5, 5.41) is 29.8. The van der Waals surface area contributed by atoms with Crippen molar-refractivity contribution >= 4 is 48.0 Å². The number of hydrogen-bond acceptors (Lipinski definition) is 12. The van der Waals surface area contributed by atoms with Gasteiger partial charge in [-0.15, -0.1) is 0 Å². The molecule has 17 nitrogen and oxygen atoms in total. The molecule has 3 amide bonds. The number of rotatable bonds is 13. The molecule has 308 valence electrons. The molecule has 0 aromatic heterocycles. The average molecular weight is 796 g/mol. The van der Waals surface area contributed by atoms with Gasteiger partial charge in [0.1, 0.15) is 5.60 Å². The summed E-state index contributed by atoms with van der Waals surface area (Å²) in [4.78, 5) is 89.6. The minimum Gasteiger partial charge on any atom is -0.493 e. The van der Waals surface area contributed by atoms with Gasteiger partial charge in [-0.25, -0.2) is 14.4 Å². The molecule has 4 atom stereocenters. The lowest BCUT2D eigenvalue weighted by atomic mass is 9.43. The van der Waals surface area contributed by atoms with Crippen molar-refractivity contribution in [1.82, 2.24) is 10.6 Å². The summed E-state index contributed by atoms with van der Waals surface area (Å²) < 4.78 is 26.1. The van der Waals surface area contributed by atoms with Crippen molar-refractivity contribution in [2.45, 2.75) is 84.4 Å². The summed E-state index contributed by atoms with van der Waals surface area (Å²) in [7, 11) is 2.46. The maximum atomic E-state index is 14.1. The van der Waals surface area contributed by atoms with Crippen molar-refractivity contribution in [3.8, 4) is 23.0 Å². The number of carboxylic acid groups (broad SMARTS) is 2. The van der Waals surface area contributed by atoms with E-state index in [4.69, 9.17) is 23.7 Å². The maximum Gasteiger partial charge on any atom is 0.412 e. The number of methoxy groups -OCH3 is 2. The molecule has 0 heterocycles. The van der Waals surface area contributed by atoms with Crippen LogP contribution in [0.3, 0.4) is 0 Å². The molecule has 4 unspecified atom stereocenters. The number of benzene rings is 3. The van der Waals surface area contributed by atoms with Crippen molar-refractivity contribution in [2.75, 3.05) is 19.5 Å². The highest BCUT2D eigenvalue weighted by Gasteiger charge is 2.80. The number of amides is 3. The molecule has 17 heteroatoms. The molecule has 0 radical (unpaired) electrons. The number of anilines is 1. The second kappa shape index (κ2) is 18.8. The van der Waals surface area contributed by atoms with Crippen LogP contribution in [0.5, 0.6) is 23.0 Å². The molecule has 3 aromatic carbocycles. The van der Waals surface area contributed by atoms with Crippen LogP contribution in [0.25, 0.3) is 0 Å². The molecule has 3 aromatic rings. The van der Waals surface area contributed by atoms with Crippen molar-refractivity contribution in [1.29, 1.82) is 0 Å². The van der Waals surface area contributed by atoms with E-state index in [1.807, 2.05) is 13.8 Å². The molecular weight excluding hydrogens is 746 g/mol. The number of esters is 1. The first-order valence-corrected chi connectivity index (χ1v) is 17.2. The maximum absolute atomic E-state index is 14.1. The fraction of sp³-hybridized carbons (Fsp3) is 0.375. The first kappa shape index (κ1) is 46.5. The van der Waals surface area contributed by atoms with Crippen molar-refractivity contribution in [3.05, 3.63) is 77.4 Å². The van der Waals surface area contributed by atoms with Gasteiger partial charge in [0, 0.05) is 25.1 Å². The topological polar surface area (TPSA) is 242 Å². The second-order valence-corrected chi connectivity index (χ2v) is 13.2. The number of carbonyl (C=O) groups is 7. The van der Waals surface area contributed by atoms with Gasteiger partial charge in [-0.2, -0.15) is 0 Å². The second-order valence-electron chi connectivity index (χ2n) is 13.2. The third-order valence-corrected chi connectivity index (χ3v) is 8.50. The Bertz CT molecular complexity index is 1990. The van der Waals surface area contributed by atoms with Gasteiger partial charge in [0.15, 0.2) is 34.1 Å². The van der Waals surface area contributed by atoms with Gasteiger partial charge in [0.25, 0.3) is 12.4 Å². The zero-order chi connectivity index (χ0) is 42.2. The van der Waals surface area contributed by atoms with Crippen molar-refractivity contribution in [3.63, 3.8) is 0 Å². The first-order chi connectivity index (χ1) is 26.3. The molecule has 0 spiro atoms. The summed E-state index contributed by atoms with van der Waals surface area (Å²) in [6.45, 7) is 11.3. The van der Waals surface area contributed by atoms with Gasteiger partial charge in [-0.3, -0.25) is 24.5 Å². The zero-order valence-corrected chi connectivity index (χ0v) is 32.3. The third kappa shape index (κ3) is 9.60. The Hall–Kier alpha value is -6.65. The van der Waals surface area contributed by atoms with Gasteiger partial charge >= 0.3 is 24.0 Å². The molecule has 1 fully saturated rings. The highest BCUT2D eigenvalue weighted by Crippen LogP contribution is 2.64. The summed E-state index contributed by atoms with van der Waals surface area (Å²) in [6, 6.07) is 12.8. The highest BCUT2D eigenvalue weighted by molar-refractivity contribution is 6.04. The van der Waals surface area contributed by atoms with E-state index in [0.29, 0.717) is 0 Å². The highest BCUT2D eigenvalue weighted by atomic mass is 16.6. The molecule has 0 aliphatic heterocycles. The molecule has 0 saturated heterocycles. The fourth-order valence-electron chi connectivity index (χ4n) is 6.69. The summed E-state index contributed by atoms with van der Waals surface area (Å²) in [6.07, 6.45) is -0.761. The molecule has 1 aliphatic carbocycles. The molecule has 1 saturated carbocycles. The Labute approximate surface area is 330 Å². The van der Waals surface area contributed by atoms with E-state index < -0.39 is 64.3 Å². The summed E-state index contributed by atoms with van der Waals surface area (Å²) >= 11 is 0. The quantitative estimate of drug-likeness (QED) is 0.0842. The predicted molar refractivity (Wildman–Crippen MR) is 206 cm³/mol. The standard InChI is InChI=1S/C37H39N3O14.C2H6.CH4/c1-19(42)39-36(32(45)46)29(22-10-14-25(52-18-41)27(16-22)50-6)37(33(47)48,30(36)23-11-15-26(53-20(2)43)28(17-23)51-7)40-31(44)21-8-12-24(13-9-21)38-34(49)54-35(3,4)5;1-2;/h8-18,29-30H,1-7H3,(H,38,49)(H,39,42)(H,40,44)(H,45,46)(H,47,48);1-2H3;1H4. The molecule has 5 N–H and O–H groups in total. The smallest absolute Gasteiger partial charge is 0.412 e. The lowest BCUT2D eigenvalue weighted by molar-refractivity contribution is -0.174. The number of carboxylic acids is 2. The van der Waals surface area contributed by atoms with E-state index in [1.165, 1.54) is 74.9 Å². The van der Waals surface area contributed by atoms with Crippen LogP contribution in [0.4, 0.5) is 10.5 Å². The Kier molecular flexibility index (Phi) is 15.3. The SMILES string of the molecule is C.CC.COc1cc(C2C(NC(C)=O)(C(=O)O)C(c3ccc(OC(C)=O)c(OC)c3)C2(NC(=O)c2ccc(NC(=O)OC(C)(C)C)cc2)C(=O)O)ccc1OC=O. The van der Waals surface area contributed by atoms with Crippen LogP contribution in [-0.4, -0.2) is 83.4 Å². The van der Waals surface area contributed by atoms with Crippen LogP contribution in [0.2, 0.25) is 0 Å². The molecule has 0 bridgehead atoms. The van der Waals surface area contributed by atoms with Crippen molar-refractivity contribution in [2.24, 2.45) is 0 Å². The number of nitrogens with one attached hydrogen (secondary N) is 3. The Morgan fingerprint density at radius 2 is 1.19 bits per heavy atom. The Balaban J connectivity index is 0.00000368. The minimum atomic E-state index is -2.57. The number of ether oxygens (including phenoxy) is 5. The summed E-state index contributed by atoms with van der Waals surface area (Å²) in [5.41, 5.74) is -5.81. The molecule has 1 aliphatic rings.